The molecule has 2 N–H and O–H groups in total. The number of anilines is 3. The number of hydrogen-bond acceptors (Lipinski definition) is 2. The Hall–Kier alpha value is -1.96. The normalized spacial score (nSPS) is 12.2. The van der Waals surface area contributed by atoms with Crippen molar-refractivity contribution in [2.24, 2.45) is 5.92 Å². The van der Waals surface area contributed by atoms with Gasteiger partial charge in [-0.2, -0.15) is 0 Å². The quantitative estimate of drug-likeness (QED) is 0.794. The second kappa shape index (κ2) is 6.28. The highest BCUT2D eigenvalue weighted by molar-refractivity contribution is 5.62. The summed E-state index contributed by atoms with van der Waals surface area (Å²) in [5.41, 5.74) is 3.38. The van der Waals surface area contributed by atoms with Crippen molar-refractivity contribution in [3.63, 3.8) is 0 Å². The van der Waals surface area contributed by atoms with Crippen molar-refractivity contribution in [1.29, 1.82) is 0 Å². The maximum atomic E-state index is 3.50. The zero-order chi connectivity index (χ0) is 13.7. The molecule has 0 heterocycles. The molecule has 2 heteroatoms. The summed E-state index contributed by atoms with van der Waals surface area (Å²) < 4.78 is 0. The summed E-state index contributed by atoms with van der Waals surface area (Å²) in [6.07, 6.45) is 0. The molecule has 2 aromatic carbocycles. The van der Waals surface area contributed by atoms with Gasteiger partial charge in [-0.15, -0.1) is 0 Å². The van der Waals surface area contributed by atoms with E-state index in [-0.39, 0.29) is 0 Å². The fourth-order valence-corrected chi connectivity index (χ4v) is 1.77. The molecule has 2 aromatic rings. The lowest BCUT2D eigenvalue weighted by Gasteiger charge is -2.19. The van der Waals surface area contributed by atoms with E-state index < -0.39 is 0 Å². The van der Waals surface area contributed by atoms with E-state index in [1.54, 1.807) is 0 Å². The van der Waals surface area contributed by atoms with Crippen molar-refractivity contribution < 1.29 is 0 Å². The summed E-state index contributed by atoms with van der Waals surface area (Å²) in [7, 11) is 0. The molecule has 0 saturated carbocycles. The van der Waals surface area contributed by atoms with Gasteiger partial charge in [0.25, 0.3) is 0 Å². The van der Waals surface area contributed by atoms with Crippen molar-refractivity contribution in [1.82, 2.24) is 0 Å². The fraction of sp³-hybridized carbons (Fsp3) is 0.294. The second-order valence-electron chi connectivity index (χ2n) is 5.25. The largest absolute Gasteiger partial charge is 0.382 e. The second-order valence-corrected chi connectivity index (χ2v) is 5.25. The molecule has 1 unspecified atom stereocenters. The van der Waals surface area contributed by atoms with Crippen molar-refractivity contribution in [3.8, 4) is 0 Å². The van der Waals surface area contributed by atoms with Crippen LogP contribution in [0.4, 0.5) is 17.1 Å². The number of hydrogen-bond donors (Lipinski definition) is 2. The molecule has 0 bridgehead atoms. The summed E-state index contributed by atoms with van der Waals surface area (Å²) >= 11 is 0. The minimum Gasteiger partial charge on any atom is -0.382 e. The van der Waals surface area contributed by atoms with E-state index in [4.69, 9.17) is 0 Å². The lowest BCUT2D eigenvalue weighted by atomic mass is 10.1. The first-order chi connectivity index (χ1) is 9.15. The SMILES string of the molecule is CC(C)C(C)Nc1ccc(Nc2ccccc2)cc1. The van der Waals surface area contributed by atoms with Crippen molar-refractivity contribution in [2.75, 3.05) is 10.6 Å². The molecular weight excluding hydrogens is 232 g/mol. The molecule has 1 atom stereocenters. The molecule has 0 aliphatic carbocycles. The molecule has 0 saturated heterocycles. The lowest BCUT2D eigenvalue weighted by Crippen LogP contribution is -2.21. The minimum atomic E-state index is 0.480. The third-order valence-electron chi connectivity index (χ3n) is 3.34. The molecular formula is C17H22N2. The van der Waals surface area contributed by atoms with Crippen LogP contribution in [0, 0.1) is 5.92 Å². The number of para-hydroxylation sites is 1. The van der Waals surface area contributed by atoms with Crippen molar-refractivity contribution >= 4 is 17.1 Å². The smallest absolute Gasteiger partial charge is 0.0385 e. The Morgan fingerprint density at radius 3 is 1.79 bits per heavy atom. The van der Waals surface area contributed by atoms with E-state index >= 15 is 0 Å². The number of benzene rings is 2. The van der Waals surface area contributed by atoms with Gasteiger partial charge < -0.3 is 10.6 Å². The Morgan fingerprint density at radius 2 is 1.21 bits per heavy atom. The molecule has 2 rings (SSSR count). The van der Waals surface area contributed by atoms with Crippen molar-refractivity contribution in [2.45, 2.75) is 26.8 Å². The summed E-state index contributed by atoms with van der Waals surface area (Å²) in [4.78, 5) is 0. The van der Waals surface area contributed by atoms with Gasteiger partial charge in [-0.25, -0.2) is 0 Å². The van der Waals surface area contributed by atoms with Crippen LogP contribution < -0.4 is 10.6 Å². The Kier molecular flexibility index (Phi) is 4.45. The maximum Gasteiger partial charge on any atom is 0.0385 e. The fourth-order valence-electron chi connectivity index (χ4n) is 1.77. The van der Waals surface area contributed by atoms with E-state index in [0.717, 1.165) is 11.4 Å². The predicted octanol–water partition coefficient (Wildman–Crippen LogP) is 4.89. The van der Waals surface area contributed by atoms with Crippen LogP contribution in [-0.4, -0.2) is 6.04 Å². The molecule has 19 heavy (non-hydrogen) atoms. The molecule has 0 spiro atoms. The van der Waals surface area contributed by atoms with E-state index in [1.807, 2.05) is 18.2 Å². The van der Waals surface area contributed by atoms with E-state index in [2.05, 4.69) is 67.8 Å². The monoisotopic (exact) mass is 254 g/mol. The maximum absolute atomic E-state index is 3.50. The number of nitrogens with one attached hydrogen (secondary N) is 2. The Balaban J connectivity index is 1.99. The van der Waals surface area contributed by atoms with E-state index in [1.165, 1.54) is 5.69 Å². The van der Waals surface area contributed by atoms with Crippen LogP contribution in [-0.2, 0) is 0 Å². The highest BCUT2D eigenvalue weighted by Gasteiger charge is 2.06. The molecule has 0 aliphatic rings. The summed E-state index contributed by atoms with van der Waals surface area (Å²) in [5.74, 6) is 0.627. The van der Waals surface area contributed by atoms with Gasteiger partial charge in [-0.1, -0.05) is 32.0 Å². The van der Waals surface area contributed by atoms with Gasteiger partial charge in [-0.3, -0.25) is 0 Å². The van der Waals surface area contributed by atoms with Gasteiger partial charge in [0.2, 0.25) is 0 Å². The lowest BCUT2D eigenvalue weighted by molar-refractivity contribution is 0.560. The third-order valence-corrected chi connectivity index (χ3v) is 3.34. The van der Waals surface area contributed by atoms with Gasteiger partial charge in [0.05, 0.1) is 0 Å². The minimum absolute atomic E-state index is 0.480. The van der Waals surface area contributed by atoms with Crippen LogP contribution >= 0.6 is 0 Å². The van der Waals surface area contributed by atoms with Gasteiger partial charge >= 0.3 is 0 Å². The number of rotatable bonds is 5. The van der Waals surface area contributed by atoms with E-state index in [0.29, 0.717) is 12.0 Å². The van der Waals surface area contributed by atoms with E-state index in [9.17, 15) is 0 Å². The molecule has 2 nitrogen and oxygen atoms in total. The topological polar surface area (TPSA) is 24.1 Å². The predicted molar refractivity (Wildman–Crippen MR) is 84.1 cm³/mol. The average molecular weight is 254 g/mol. The first-order valence-corrected chi connectivity index (χ1v) is 6.84. The third kappa shape index (κ3) is 4.02. The first-order valence-electron chi connectivity index (χ1n) is 6.84. The molecule has 0 radical (unpaired) electrons. The average Bonchev–Trinajstić information content (AvgIpc) is 2.42. The van der Waals surface area contributed by atoms with Crippen LogP contribution in [0.2, 0.25) is 0 Å². The Labute approximate surface area is 115 Å². The standard InChI is InChI=1S/C17H22N2/c1-13(2)14(3)18-16-9-11-17(12-10-16)19-15-7-5-4-6-8-15/h4-14,18-19H,1-3H3. The highest BCUT2D eigenvalue weighted by Crippen LogP contribution is 2.19. The van der Waals surface area contributed by atoms with Gasteiger partial charge in [0, 0.05) is 23.1 Å². The van der Waals surface area contributed by atoms with Crippen LogP contribution in [0.25, 0.3) is 0 Å². The van der Waals surface area contributed by atoms with Gasteiger partial charge in [-0.05, 0) is 49.2 Å². The zero-order valence-corrected chi connectivity index (χ0v) is 11.9. The Morgan fingerprint density at radius 1 is 0.684 bits per heavy atom. The molecule has 0 amide bonds. The van der Waals surface area contributed by atoms with Crippen molar-refractivity contribution in [3.05, 3.63) is 54.6 Å². The van der Waals surface area contributed by atoms with Crippen LogP contribution in [0.15, 0.2) is 54.6 Å². The van der Waals surface area contributed by atoms with Crippen LogP contribution in [0.1, 0.15) is 20.8 Å². The molecule has 0 aliphatic heterocycles. The zero-order valence-electron chi connectivity index (χ0n) is 11.9. The van der Waals surface area contributed by atoms with Crippen LogP contribution in [0.5, 0.6) is 0 Å². The van der Waals surface area contributed by atoms with Crippen LogP contribution in [0.3, 0.4) is 0 Å². The highest BCUT2D eigenvalue weighted by atomic mass is 14.9. The van der Waals surface area contributed by atoms with Gasteiger partial charge in [0.1, 0.15) is 0 Å². The molecule has 0 fully saturated rings. The van der Waals surface area contributed by atoms with Gasteiger partial charge in [0.15, 0.2) is 0 Å². The first kappa shape index (κ1) is 13.5. The Bertz CT molecular complexity index is 488. The summed E-state index contributed by atoms with van der Waals surface area (Å²) in [5, 5.41) is 6.88. The molecule has 0 aromatic heterocycles. The molecule has 100 valence electrons. The summed E-state index contributed by atoms with van der Waals surface area (Å²) in [6.45, 7) is 6.66. The summed E-state index contributed by atoms with van der Waals surface area (Å²) in [6, 6.07) is 19.1.